The van der Waals surface area contributed by atoms with E-state index in [2.05, 4.69) is 10.5 Å². The van der Waals surface area contributed by atoms with Gasteiger partial charge in [0.15, 0.2) is 5.84 Å². The average molecular weight is 202 g/mol. The maximum Gasteiger partial charge on any atom is 0.217 e. The van der Waals surface area contributed by atoms with Gasteiger partial charge in [-0.15, -0.1) is 0 Å². The van der Waals surface area contributed by atoms with E-state index in [4.69, 9.17) is 16.7 Å². The molecule has 1 unspecified atom stereocenters. The Kier molecular flexibility index (Phi) is 6.47. The minimum absolute atomic E-state index is 0.153. The molecule has 1 amide bonds. The standard InChI is InChI=1S/C8H18N4O2/c1-6(8(10)12-14)11-5-3-2-4-7(9)13/h6,11,14H,2-5H2,1H3,(H2,9,13)(H2,10,12). The van der Waals surface area contributed by atoms with E-state index >= 15 is 0 Å². The number of unbranched alkanes of at least 4 members (excludes halogenated alkanes) is 1. The smallest absolute Gasteiger partial charge is 0.217 e. The number of hydrogen-bond donors (Lipinski definition) is 4. The van der Waals surface area contributed by atoms with Gasteiger partial charge in [-0.05, 0) is 26.3 Å². The number of hydrogen-bond acceptors (Lipinski definition) is 4. The molecule has 0 saturated carbocycles. The molecule has 0 aromatic rings. The highest BCUT2D eigenvalue weighted by atomic mass is 16.4. The van der Waals surface area contributed by atoms with E-state index in [1.807, 2.05) is 0 Å². The molecule has 14 heavy (non-hydrogen) atoms. The first-order valence-electron chi connectivity index (χ1n) is 4.57. The Balaban J connectivity index is 3.41. The largest absolute Gasteiger partial charge is 0.409 e. The zero-order chi connectivity index (χ0) is 11.0. The molecule has 0 aliphatic heterocycles. The maximum atomic E-state index is 10.4. The molecule has 6 heteroatoms. The van der Waals surface area contributed by atoms with Gasteiger partial charge in [-0.1, -0.05) is 5.16 Å². The summed E-state index contributed by atoms with van der Waals surface area (Å²) in [6, 6.07) is -0.159. The van der Waals surface area contributed by atoms with Crippen molar-refractivity contribution in [2.75, 3.05) is 6.54 Å². The molecule has 0 bridgehead atoms. The summed E-state index contributed by atoms with van der Waals surface area (Å²) in [4.78, 5) is 10.4. The molecular formula is C8H18N4O2. The third-order valence-electron chi connectivity index (χ3n) is 1.86. The van der Waals surface area contributed by atoms with Crippen LogP contribution in [-0.4, -0.2) is 29.5 Å². The van der Waals surface area contributed by atoms with E-state index in [1.165, 1.54) is 0 Å². The summed E-state index contributed by atoms with van der Waals surface area (Å²) in [6.07, 6.45) is 2.00. The van der Waals surface area contributed by atoms with Crippen LogP contribution in [0, 0.1) is 0 Å². The lowest BCUT2D eigenvalue weighted by molar-refractivity contribution is -0.118. The second-order valence-corrected chi connectivity index (χ2v) is 3.12. The van der Waals surface area contributed by atoms with E-state index in [1.54, 1.807) is 6.92 Å². The van der Waals surface area contributed by atoms with Crippen LogP contribution in [0.15, 0.2) is 5.16 Å². The van der Waals surface area contributed by atoms with Crippen molar-refractivity contribution in [2.24, 2.45) is 16.6 Å². The van der Waals surface area contributed by atoms with Crippen LogP contribution in [0.4, 0.5) is 0 Å². The third-order valence-corrected chi connectivity index (χ3v) is 1.86. The van der Waals surface area contributed by atoms with Crippen molar-refractivity contribution in [3.63, 3.8) is 0 Å². The zero-order valence-corrected chi connectivity index (χ0v) is 8.36. The number of carbonyl (C=O) groups is 1. The third kappa shape index (κ3) is 6.24. The number of carbonyl (C=O) groups excluding carboxylic acids is 1. The normalized spacial score (nSPS) is 13.9. The van der Waals surface area contributed by atoms with Crippen LogP contribution in [0.3, 0.4) is 0 Å². The van der Waals surface area contributed by atoms with Gasteiger partial charge in [0, 0.05) is 6.42 Å². The van der Waals surface area contributed by atoms with Gasteiger partial charge in [0.25, 0.3) is 0 Å². The molecule has 0 aliphatic rings. The van der Waals surface area contributed by atoms with E-state index in [0.29, 0.717) is 13.0 Å². The second-order valence-electron chi connectivity index (χ2n) is 3.12. The van der Waals surface area contributed by atoms with Gasteiger partial charge in [0.1, 0.15) is 0 Å². The van der Waals surface area contributed by atoms with Crippen molar-refractivity contribution in [3.05, 3.63) is 0 Å². The minimum atomic E-state index is -0.283. The van der Waals surface area contributed by atoms with Crippen LogP contribution in [0.2, 0.25) is 0 Å². The molecule has 1 atom stereocenters. The Morgan fingerprint density at radius 3 is 2.64 bits per heavy atom. The first kappa shape index (κ1) is 12.7. The summed E-state index contributed by atoms with van der Waals surface area (Å²) in [5.74, 6) is -0.130. The number of amidine groups is 1. The fourth-order valence-corrected chi connectivity index (χ4v) is 0.934. The number of nitrogens with zero attached hydrogens (tertiary/aromatic N) is 1. The summed E-state index contributed by atoms with van der Waals surface area (Å²) >= 11 is 0. The van der Waals surface area contributed by atoms with E-state index < -0.39 is 0 Å². The predicted octanol–water partition coefficient (Wildman–Crippen LogP) is -0.633. The molecule has 6 nitrogen and oxygen atoms in total. The first-order valence-corrected chi connectivity index (χ1v) is 4.57. The second kappa shape index (κ2) is 7.14. The summed E-state index contributed by atoms with van der Waals surface area (Å²) in [7, 11) is 0. The Hall–Kier alpha value is -1.30. The summed E-state index contributed by atoms with van der Waals surface area (Å²) in [5.41, 5.74) is 10.3. The topological polar surface area (TPSA) is 114 Å². The Labute approximate surface area is 83.3 Å². The number of rotatable bonds is 7. The van der Waals surface area contributed by atoms with E-state index in [-0.39, 0.29) is 17.8 Å². The van der Waals surface area contributed by atoms with Crippen LogP contribution < -0.4 is 16.8 Å². The summed E-state index contributed by atoms with van der Waals surface area (Å²) in [5, 5.41) is 14.3. The molecule has 0 rings (SSSR count). The predicted molar refractivity (Wildman–Crippen MR) is 53.9 cm³/mol. The Bertz CT molecular complexity index is 206. The maximum absolute atomic E-state index is 10.4. The van der Waals surface area contributed by atoms with Gasteiger partial charge in [0.2, 0.25) is 5.91 Å². The molecule has 0 saturated heterocycles. The van der Waals surface area contributed by atoms with Crippen molar-refractivity contribution in [3.8, 4) is 0 Å². The van der Waals surface area contributed by atoms with Gasteiger partial charge in [-0.2, -0.15) is 0 Å². The molecule has 6 N–H and O–H groups in total. The van der Waals surface area contributed by atoms with Crippen molar-refractivity contribution in [1.82, 2.24) is 5.32 Å². The van der Waals surface area contributed by atoms with Crippen molar-refractivity contribution in [2.45, 2.75) is 32.2 Å². The fourth-order valence-electron chi connectivity index (χ4n) is 0.934. The van der Waals surface area contributed by atoms with Crippen LogP contribution in [0.5, 0.6) is 0 Å². The van der Waals surface area contributed by atoms with Crippen LogP contribution >= 0.6 is 0 Å². The van der Waals surface area contributed by atoms with Gasteiger partial charge in [-0.25, -0.2) is 0 Å². The van der Waals surface area contributed by atoms with E-state index in [0.717, 1.165) is 12.8 Å². The van der Waals surface area contributed by atoms with Gasteiger partial charge in [0.05, 0.1) is 6.04 Å². The molecule has 0 radical (unpaired) electrons. The lowest BCUT2D eigenvalue weighted by Gasteiger charge is -2.11. The molecule has 0 aromatic heterocycles. The van der Waals surface area contributed by atoms with E-state index in [9.17, 15) is 4.79 Å². The Morgan fingerprint density at radius 2 is 2.14 bits per heavy atom. The zero-order valence-electron chi connectivity index (χ0n) is 8.36. The van der Waals surface area contributed by atoms with Crippen molar-refractivity contribution in [1.29, 1.82) is 0 Å². The number of nitrogens with one attached hydrogen (secondary N) is 1. The summed E-state index contributed by atoms with van der Waals surface area (Å²) < 4.78 is 0. The van der Waals surface area contributed by atoms with Crippen LogP contribution in [-0.2, 0) is 4.79 Å². The SMILES string of the molecule is CC(NCCCCC(N)=O)C(N)=NO. The fraction of sp³-hybridized carbons (Fsp3) is 0.750. The molecule has 0 heterocycles. The quantitative estimate of drug-likeness (QED) is 0.145. The van der Waals surface area contributed by atoms with Gasteiger partial charge < -0.3 is 22.0 Å². The van der Waals surface area contributed by atoms with Crippen LogP contribution in [0.1, 0.15) is 26.2 Å². The lowest BCUT2D eigenvalue weighted by Crippen LogP contribution is -2.39. The summed E-state index contributed by atoms with van der Waals surface area (Å²) in [6.45, 7) is 2.51. The average Bonchev–Trinajstić information content (AvgIpc) is 2.15. The van der Waals surface area contributed by atoms with Crippen molar-refractivity contribution < 1.29 is 10.0 Å². The first-order chi connectivity index (χ1) is 6.57. The molecule has 0 spiro atoms. The molecule has 82 valence electrons. The highest BCUT2D eigenvalue weighted by molar-refractivity contribution is 5.84. The lowest BCUT2D eigenvalue weighted by atomic mass is 10.2. The molecular weight excluding hydrogens is 184 g/mol. The van der Waals surface area contributed by atoms with Gasteiger partial charge >= 0.3 is 0 Å². The van der Waals surface area contributed by atoms with Crippen molar-refractivity contribution >= 4 is 11.7 Å². The minimum Gasteiger partial charge on any atom is -0.409 e. The highest BCUT2D eigenvalue weighted by Crippen LogP contribution is 1.93. The molecule has 0 fully saturated rings. The highest BCUT2D eigenvalue weighted by Gasteiger charge is 2.05. The monoisotopic (exact) mass is 202 g/mol. The van der Waals surface area contributed by atoms with Crippen LogP contribution in [0.25, 0.3) is 0 Å². The molecule has 0 aromatic carbocycles. The Morgan fingerprint density at radius 1 is 1.50 bits per heavy atom. The molecule has 0 aliphatic carbocycles. The van der Waals surface area contributed by atoms with Gasteiger partial charge in [-0.3, -0.25) is 4.79 Å². The number of oxime groups is 1. The number of nitrogens with two attached hydrogens (primary N) is 2. The number of amides is 1. The number of primary amides is 1.